The van der Waals surface area contributed by atoms with Crippen LogP contribution in [0, 0.1) is 0 Å². The molecule has 2 unspecified atom stereocenters. The summed E-state index contributed by atoms with van der Waals surface area (Å²) in [4.78, 5) is 2.41. The number of aliphatic hydroxyl groups excluding tert-OH is 1. The molecule has 1 aromatic heterocycles. The van der Waals surface area contributed by atoms with Gasteiger partial charge in [0.2, 0.25) is 0 Å². The summed E-state index contributed by atoms with van der Waals surface area (Å²) >= 11 is 12.4. The lowest BCUT2D eigenvalue weighted by molar-refractivity contribution is 0.0651. The quantitative estimate of drug-likeness (QED) is 0.651. The van der Waals surface area contributed by atoms with E-state index in [0.717, 1.165) is 28.4 Å². The van der Waals surface area contributed by atoms with Crippen LogP contribution in [0.25, 0.3) is 21.8 Å². The first-order valence-electron chi connectivity index (χ1n) is 9.32. The number of fused-ring (bicyclic) bond motifs is 3. The van der Waals surface area contributed by atoms with E-state index in [1.165, 1.54) is 19.3 Å². The lowest BCUT2D eigenvalue weighted by Gasteiger charge is -2.34. The van der Waals surface area contributed by atoms with Gasteiger partial charge in [0.1, 0.15) is 0 Å². The fraction of sp³-hybridized carbons (Fsp3) is 0.429. The van der Waals surface area contributed by atoms with E-state index >= 15 is 0 Å². The number of rotatable bonds is 4. The molecule has 1 N–H and O–H groups in total. The van der Waals surface area contributed by atoms with Crippen LogP contribution in [-0.4, -0.2) is 39.8 Å². The molecule has 5 heteroatoms. The Hall–Kier alpha value is -1.26. The van der Waals surface area contributed by atoms with Gasteiger partial charge < -0.3 is 9.67 Å². The molecule has 0 spiro atoms. The molecule has 1 aliphatic rings. The molecule has 3 nitrogen and oxygen atoms in total. The first-order chi connectivity index (χ1) is 12.5. The van der Waals surface area contributed by atoms with Crippen LogP contribution in [0.5, 0.6) is 0 Å². The second-order valence-corrected chi connectivity index (χ2v) is 8.30. The van der Waals surface area contributed by atoms with Crippen molar-refractivity contribution >= 4 is 45.0 Å². The molecular formula is C21H24Cl2N2O. The van der Waals surface area contributed by atoms with Gasteiger partial charge >= 0.3 is 0 Å². The van der Waals surface area contributed by atoms with Crippen LogP contribution in [0.3, 0.4) is 0 Å². The van der Waals surface area contributed by atoms with Gasteiger partial charge in [-0.3, -0.25) is 4.90 Å². The third kappa shape index (κ3) is 3.46. The van der Waals surface area contributed by atoms with Crippen molar-refractivity contribution < 1.29 is 5.11 Å². The minimum absolute atomic E-state index is 0.416. The molecule has 2 atom stereocenters. The van der Waals surface area contributed by atoms with Crippen LogP contribution in [-0.2, 0) is 6.54 Å². The Kier molecular flexibility index (Phi) is 5.15. The van der Waals surface area contributed by atoms with Crippen molar-refractivity contribution in [2.45, 2.75) is 44.9 Å². The summed E-state index contributed by atoms with van der Waals surface area (Å²) < 4.78 is 2.19. The van der Waals surface area contributed by atoms with Gasteiger partial charge in [0.05, 0.1) is 12.6 Å². The number of benzene rings is 2. The van der Waals surface area contributed by atoms with Gasteiger partial charge in [-0.15, -0.1) is 0 Å². The highest BCUT2D eigenvalue weighted by molar-refractivity contribution is 6.33. The molecular weight excluding hydrogens is 367 g/mol. The first-order valence-corrected chi connectivity index (χ1v) is 10.1. The summed E-state index contributed by atoms with van der Waals surface area (Å²) in [5.41, 5.74) is 2.16. The zero-order valence-electron chi connectivity index (χ0n) is 15.0. The highest BCUT2D eigenvalue weighted by Crippen LogP contribution is 2.33. The van der Waals surface area contributed by atoms with Crippen LogP contribution < -0.4 is 0 Å². The summed E-state index contributed by atoms with van der Waals surface area (Å²) in [6, 6.07) is 12.4. The maximum absolute atomic E-state index is 10.8. The topological polar surface area (TPSA) is 28.4 Å². The van der Waals surface area contributed by atoms with Gasteiger partial charge in [-0.1, -0.05) is 29.6 Å². The lowest BCUT2D eigenvalue weighted by Crippen LogP contribution is -2.43. The molecule has 1 fully saturated rings. The second-order valence-electron chi connectivity index (χ2n) is 7.43. The number of hydrogen-bond acceptors (Lipinski definition) is 2. The molecule has 2 heterocycles. The third-order valence-electron chi connectivity index (χ3n) is 5.57. The zero-order chi connectivity index (χ0) is 18.3. The van der Waals surface area contributed by atoms with Gasteiger partial charge in [-0.2, -0.15) is 0 Å². The van der Waals surface area contributed by atoms with E-state index in [9.17, 15) is 5.11 Å². The van der Waals surface area contributed by atoms with Crippen molar-refractivity contribution in [1.29, 1.82) is 0 Å². The van der Waals surface area contributed by atoms with Gasteiger partial charge in [0.25, 0.3) is 0 Å². The van der Waals surface area contributed by atoms with E-state index in [1.807, 2.05) is 36.4 Å². The maximum Gasteiger partial charge on any atom is 0.0846 e. The molecule has 1 saturated heterocycles. The van der Waals surface area contributed by atoms with Crippen LogP contribution in [0.1, 0.15) is 26.2 Å². The summed E-state index contributed by atoms with van der Waals surface area (Å²) in [5, 5.41) is 14.4. The van der Waals surface area contributed by atoms with E-state index in [2.05, 4.69) is 16.4 Å². The number of nitrogens with zero attached hydrogens (tertiary/aromatic N) is 2. The molecule has 0 saturated carbocycles. The largest absolute Gasteiger partial charge is 0.390 e. The van der Waals surface area contributed by atoms with E-state index in [1.54, 1.807) is 0 Å². The van der Waals surface area contributed by atoms with Gasteiger partial charge in [0.15, 0.2) is 0 Å². The van der Waals surface area contributed by atoms with Crippen molar-refractivity contribution in [1.82, 2.24) is 9.47 Å². The Bertz CT molecular complexity index is 877. The molecule has 1 aliphatic heterocycles. The van der Waals surface area contributed by atoms with Crippen LogP contribution in [0.15, 0.2) is 36.4 Å². The Morgan fingerprint density at radius 1 is 1.00 bits per heavy atom. The molecule has 26 heavy (non-hydrogen) atoms. The predicted octanol–water partition coefficient (Wildman–Crippen LogP) is 5.34. The normalized spacial score (nSPS) is 20.1. The van der Waals surface area contributed by atoms with Crippen LogP contribution in [0.2, 0.25) is 10.0 Å². The molecule has 0 amide bonds. The van der Waals surface area contributed by atoms with Crippen molar-refractivity contribution in [3.8, 4) is 0 Å². The third-order valence-corrected chi connectivity index (χ3v) is 6.04. The number of likely N-dealkylation sites (tertiary alicyclic amines) is 1. The fourth-order valence-electron chi connectivity index (χ4n) is 4.21. The van der Waals surface area contributed by atoms with E-state index in [-0.39, 0.29) is 0 Å². The Labute approximate surface area is 164 Å². The molecule has 2 aromatic carbocycles. The van der Waals surface area contributed by atoms with Gasteiger partial charge in [0, 0.05) is 44.4 Å². The summed E-state index contributed by atoms with van der Waals surface area (Å²) in [7, 11) is 0. The van der Waals surface area contributed by atoms with Crippen LogP contribution in [0.4, 0.5) is 0 Å². The Morgan fingerprint density at radius 3 is 2.19 bits per heavy atom. The highest BCUT2D eigenvalue weighted by atomic mass is 35.5. The summed E-state index contributed by atoms with van der Waals surface area (Å²) in [6.07, 6.45) is 3.32. The molecule has 0 aliphatic carbocycles. The number of β-amino-alcohol motifs (C(OH)–C–C–N with tert-alkyl or cyclic N) is 1. The first kappa shape index (κ1) is 18.1. The molecule has 3 aromatic rings. The van der Waals surface area contributed by atoms with Crippen molar-refractivity contribution in [2.75, 3.05) is 13.1 Å². The maximum atomic E-state index is 10.8. The molecule has 138 valence electrons. The average molecular weight is 391 g/mol. The van der Waals surface area contributed by atoms with Crippen molar-refractivity contribution in [2.24, 2.45) is 0 Å². The van der Waals surface area contributed by atoms with Gasteiger partial charge in [-0.25, -0.2) is 0 Å². The SMILES string of the molecule is CC1CCCCN1CC(O)Cn1c2ccc(Cl)cc2c2cc(Cl)ccc21. The standard InChI is InChI=1S/C21H24Cl2N2O/c1-14-4-2-3-9-24(14)12-17(26)13-25-20-7-5-15(22)10-18(20)19-11-16(23)6-8-21(19)25/h5-8,10-11,14,17,26H,2-4,9,12-13H2,1H3. The van der Waals surface area contributed by atoms with Crippen LogP contribution >= 0.6 is 23.2 Å². The molecule has 4 rings (SSSR count). The smallest absolute Gasteiger partial charge is 0.0846 e. The number of piperidine rings is 1. The number of halogens is 2. The monoisotopic (exact) mass is 390 g/mol. The number of hydrogen-bond donors (Lipinski definition) is 1. The minimum Gasteiger partial charge on any atom is -0.390 e. The van der Waals surface area contributed by atoms with Crippen molar-refractivity contribution in [3.05, 3.63) is 46.4 Å². The predicted molar refractivity (Wildman–Crippen MR) is 110 cm³/mol. The number of aliphatic hydroxyl groups is 1. The fourth-order valence-corrected chi connectivity index (χ4v) is 4.56. The second kappa shape index (κ2) is 7.40. The molecule has 0 radical (unpaired) electrons. The summed E-state index contributed by atoms with van der Waals surface area (Å²) in [6.45, 7) is 4.61. The summed E-state index contributed by atoms with van der Waals surface area (Å²) in [5.74, 6) is 0. The minimum atomic E-state index is -0.416. The van der Waals surface area contributed by atoms with E-state index in [0.29, 0.717) is 29.2 Å². The lowest BCUT2D eigenvalue weighted by atomic mass is 10.0. The highest BCUT2D eigenvalue weighted by Gasteiger charge is 2.22. The Balaban J connectivity index is 1.68. The number of aromatic nitrogens is 1. The van der Waals surface area contributed by atoms with E-state index < -0.39 is 6.10 Å². The Morgan fingerprint density at radius 2 is 1.62 bits per heavy atom. The molecule has 0 bridgehead atoms. The average Bonchev–Trinajstić information content (AvgIpc) is 2.89. The van der Waals surface area contributed by atoms with E-state index in [4.69, 9.17) is 23.2 Å². The van der Waals surface area contributed by atoms with Gasteiger partial charge in [-0.05, 0) is 62.7 Å². The van der Waals surface area contributed by atoms with Crippen molar-refractivity contribution in [3.63, 3.8) is 0 Å². The zero-order valence-corrected chi connectivity index (χ0v) is 16.5.